The molecule has 3 rings (SSSR count). The van der Waals surface area contributed by atoms with Crippen LogP contribution in [0.25, 0.3) is 0 Å². The Balaban J connectivity index is 1.38. The molecule has 0 saturated carbocycles. The van der Waals surface area contributed by atoms with Gasteiger partial charge in [-0.25, -0.2) is 4.79 Å². The monoisotopic (exact) mass is 385 g/mol. The Bertz CT molecular complexity index is 868. The van der Waals surface area contributed by atoms with Crippen LogP contribution in [-0.4, -0.2) is 22.5 Å². The second kappa shape index (κ2) is 9.75. The van der Waals surface area contributed by atoms with E-state index in [-0.39, 0.29) is 6.61 Å². The molecule has 0 unspecified atom stereocenters. The minimum Gasteiger partial charge on any atom is -0.444 e. The maximum absolute atomic E-state index is 11.9. The third-order valence-corrected chi connectivity index (χ3v) is 4.14. The first-order valence-electron chi connectivity index (χ1n) is 8.52. The first-order valence-corrected chi connectivity index (χ1v) is 8.90. The van der Waals surface area contributed by atoms with E-state index in [2.05, 4.69) is 10.4 Å². The minimum atomic E-state index is -0.560. The molecule has 1 heterocycles. The third-order valence-electron chi connectivity index (χ3n) is 3.77. The van der Waals surface area contributed by atoms with Gasteiger partial charge in [0.2, 0.25) is 0 Å². The van der Waals surface area contributed by atoms with Gasteiger partial charge in [-0.2, -0.15) is 5.10 Å². The van der Waals surface area contributed by atoms with E-state index in [1.165, 1.54) is 0 Å². The Labute approximate surface area is 162 Å². The standard InChI is InChI=1S/C20H20ClN3O3/c21-19-9-5-4-8-17(19)15-27-20(25)23-18-12-22-24(13-18)10-11-26-14-16-6-2-1-3-7-16/h1-9,12-13H,10-11,14-15H2,(H,23,25). The molecule has 0 fully saturated rings. The van der Waals surface area contributed by atoms with Gasteiger partial charge in [-0.05, 0) is 11.6 Å². The van der Waals surface area contributed by atoms with Gasteiger partial charge in [0.05, 0.1) is 31.6 Å². The smallest absolute Gasteiger partial charge is 0.412 e. The highest BCUT2D eigenvalue weighted by atomic mass is 35.5. The fourth-order valence-electron chi connectivity index (χ4n) is 2.39. The Hall–Kier alpha value is -2.83. The molecule has 6 nitrogen and oxygen atoms in total. The number of halogens is 1. The number of hydrogen-bond acceptors (Lipinski definition) is 4. The zero-order valence-electron chi connectivity index (χ0n) is 14.7. The summed E-state index contributed by atoms with van der Waals surface area (Å²) in [6, 6.07) is 17.2. The summed E-state index contributed by atoms with van der Waals surface area (Å²) in [7, 11) is 0. The number of rotatable bonds is 8. The Kier molecular flexibility index (Phi) is 6.84. The molecule has 0 spiro atoms. The number of benzene rings is 2. The lowest BCUT2D eigenvalue weighted by Crippen LogP contribution is -2.13. The van der Waals surface area contributed by atoms with Crippen LogP contribution in [0.2, 0.25) is 5.02 Å². The molecule has 0 aliphatic carbocycles. The number of ether oxygens (including phenoxy) is 2. The number of nitrogens with zero attached hydrogens (tertiary/aromatic N) is 2. The summed E-state index contributed by atoms with van der Waals surface area (Å²) in [5.41, 5.74) is 2.43. The average Bonchev–Trinajstić information content (AvgIpc) is 3.12. The molecule has 3 aromatic rings. The second-order valence-corrected chi connectivity index (χ2v) is 6.23. The van der Waals surface area contributed by atoms with Gasteiger partial charge in [0.25, 0.3) is 0 Å². The molecule has 0 atom stereocenters. The molecule has 0 saturated heterocycles. The Morgan fingerprint density at radius 3 is 2.67 bits per heavy atom. The van der Waals surface area contributed by atoms with Crippen LogP contribution in [-0.2, 0) is 29.2 Å². The molecule has 140 valence electrons. The van der Waals surface area contributed by atoms with Gasteiger partial charge in [0.1, 0.15) is 6.61 Å². The normalized spacial score (nSPS) is 10.6. The van der Waals surface area contributed by atoms with E-state index in [0.29, 0.717) is 30.5 Å². The molecule has 0 aliphatic heterocycles. The molecule has 1 N–H and O–H groups in total. The van der Waals surface area contributed by atoms with Crippen molar-refractivity contribution in [2.45, 2.75) is 19.8 Å². The quantitative estimate of drug-likeness (QED) is 0.580. The number of nitrogens with one attached hydrogen (secondary N) is 1. The van der Waals surface area contributed by atoms with E-state index < -0.39 is 6.09 Å². The highest BCUT2D eigenvalue weighted by molar-refractivity contribution is 6.31. The largest absolute Gasteiger partial charge is 0.444 e. The van der Waals surface area contributed by atoms with Crippen LogP contribution in [0, 0.1) is 0 Å². The van der Waals surface area contributed by atoms with Crippen LogP contribution in [0.1, 0.15) is 11.1 Å². The Morgan fingerprint density at radius 2 is 1.85 bits per heavy atom. The summed E-state index contributed by atoms with van der Waals surface area (Å²) in [5, 5.41) is 7.39. The molecule has 27 heavy (non-hydrogen) atoms. The fourth-order valence-corrected chi connectivity index (χ4v) is 2.58. The average molecular weight is 386 g/mol. The van der Waals surface area contributed by atoms with Gasteiger partial charge >= 0.3 is 6.09 Å². The lowest BCUT2D eigenvalue weighted by atomic mass is 10.2. The van der Waals surface area contributed by atoms with Crippen LogP contribution in [0.15, 0.2) is 67.0 Å². The van der Waals surface area contributed by atoms with Crippen LogP contribution < -0.4 is 5.32 Å². The van der Waals surface area contributed by atoms with Crippen LogP contribution in [0.3, 0.4) is 0 Å². The van der Waals surface area contributed by atoms with Crippen molar-refractivity contribution >= 4 is 23.4 Å². The first kappa shape index (κ1) is 18.9. The summed E-state index contributed by atoms with van der Waals surface area (Å²) in [5.74, 6) is 0. The molecule has 0 bridgehead atoms. The minimum absolute atomic E-state index is 0.104. The maximum atomic E-state index is 11.9. The summed E-state index contributed by atoms with van der Waals surface area (Å²) >= 11 is 6.03. The van der Waals surface area contributed by atoms with E-state index in [4.69, 9.17) is 21.1 Å². The van der Waals surface area contributed by atoms with E-state index in [0.717, 1.165) is 11.1 Å². The van der Waals surface area contributed by atoms with Crippen molar-refractivity contribution in [2.24, 2.45) is 0 Å². The highest BCUT2D eigenvalue weighted by Gasteiger charge is 2.07. The number of anilines is 1. The van der Waals surface area contributed by atoms with Crippen molar-refractivity contribution in [1.82, 2.24) is 9.78 Å². The zero-order valence-corrected chi connectivity index (χ0v) is 15.4. The van der Waals surface area contributed by atoms with E-state index >= 15 is 0 Å². The van der Waals surface area contributed by atoms with Gasteiger partial charge < -0.3 is 9.47 Å². The maximum Gasteiger partial charge on any atom is 0.412 e. The zero-order chi connectivity index (χ0) is 18.9. The molecular weight excluding hydrogens is 366 g/mol. The van der Waals surface area contributed by atoms with Crippen molar-refractivity contribution in [3.8, 4) is 0 Å². The summed E-state index contributed by atoms with van der Waals surface area (Å²) in [4.78, 5) is 11.9. The molecule has 7 heteroatoms. The fraction of sp³-hybridized carbons (Fsp3) is 0.200. The van der Waals surface area contributed by atoms with Crippen molar-refractivity contribution in [3.63, 3.8) is 0 Å². The van der Waals surface area contributed by atoms with E-state index in [1.54, 1.807) is 23.1 Å². The molecule has 0 aliphatic rings. The Morgan fingerprint density at radius 1 is 1.07 bits per heavy atom. The van der Waals surface area contributed by atoms with Gasteiger partial charge in [0, 0.05) is 16.8 Å². The van der Waals surface area contributed by atoms with Crippen molar-refractivity contribution in [3.05, 3.63) is 83.1 Å². The molecule has 1 amide bonds. The topological polar surface area (TPSA) is 65.4 Å². The van der Waals surface area contributed by atoms with Crippen molar-refractivity contribution in [1.29, 1.82) is 0 Å². The third kappa shape index (κ3) is 6.13. The van der Waals surface area contributed by atoms with Crippen molar-refractivity contribution < 1.29 is 14.3 Å². The summed E-state index contributed by atoms with van der Waals surface area (Å²) in [6.45, 7) is 1.77. The number of aromatic nitrogens is 2. The van der Waals surface area contributed by atoms with Gasteiger partial charge in [-0.15, -0.1) is 0 Å². The van der Waals surface area contributed by atoms with Crippen LogP contribution in [0.5, 0.6) is 0 Å². The molecule has 0 radical (unpaired) electrons. The summed E-state index contributed by atoms with van der Waals surface area (Å²) in [6.07, 6.45) is 2.73. The van der Waals surface area contributed by atoms with Crippen molar-refractivity contribution in [2.75, 3.05) is 11.9 Å². The van der Waals surface area contributed by atoms with Crippen LogP contribution in [0.4, 0.5) is 10.5 Å². The van der Waals surface area contributed by atoms with Crippen LogP contribution >= 0.6 is 11.6 Å². The first-order chi connectivity index (χ1) is 13.2. The van der Waals surface area contributed by atoms with Gasteiger partial charge in [-0.1, -0.05) is 60.1 Å². The predicted molar refractivity (Wildman–Crippen MR) is 104 cm³/mol. The molecule has 1 aromatic heterocycles. The SMILES string of the molecule is O=C(Nc1cnn(CCOCc2ccccc2)c1)OCc1ccccc1Cl. The number of carbonyl (C=O) groups is 1. The number of hydrogen-bond donors (Lipinski definition) is 1. The second-order valence-electron chi connectivity index (χ2n) is 5.82. The lowest BCUT2D eigenvalue weighted by molar-refractivity contribution is 0.111. The number of amides is 1. The van der Waals surface area contributed by atoms with E-state index in [1.807, 2.05) is 48.5 Å². The summed E-state index contributed by atoms with van der Waals surface area (Å²) < 4.78 is 12.5. The lowest BCUT2D eigenvalue weighted by Gasteiger charge is -2.07. The molecular formula is C20H20ClN3O3. The van der Waals surface area contributed by atoms with Gasteiger partial charge in [0.15, 0.2) is 0 Å². The number of carbonyl (C=O) groups excluding carboxylic acids is 1. The predicted octanol–water partition coefficient (Wildman–Crippen LogP) is 4.50. The van der Waals surface area contributed by atoms with E-state index in [9.17, 15) is 4.79 Å². The van der Waals surface area contributed by atoms with Gasteiger partial charge in [-0.3, -0.25) is 10.00 Å². The molecule has 2 aromatic carbocycles. The highest BCUT2D eigenvalue weighted by Crippen LogP contribution is 2.16.